The van der Waals surface area contributed by atoms with Gasteiger partial charge in [-0.15, -0.1) is 12.4 Å². The van der Waals surface area contributed by atoms with E-state index in [1.165, 1.54) is 0 Å². The van der Waals surface area contributed by atoms with E-state index in [0.717, 1.165) is 63.6 Å². The van der Waals surface area contributed by atoms with E-state index in [1.54, 1.807) is 0 Å². The van der Waals surface area contributed by atoms with E-state index in [0.29, 0.717) is 6.54 Å². The molecule has 1 aliphatic heterocycles. The molecule has 1 amide bonds. The minimum atomic E-state index is -3.65. The zero-order chi connectivity index (χ0) is 18.4. The lowest BCUT2D eigenvalue weighted by atomic mass is 10.2. The number of carbonyl (C=O) groups is 1. The molecule has 0 spiro atoms. The first-order valence-electron chi connectivity index (χ1n) is 7.98. The van der Waals surface area contributed by atoms with Crippen LogP contribution in [0.25, 0.3) is 0 Å². The van der Waals surface area contributed by atoms with E-state index in [-0.39, 0.29) is 22.9 Å². The number of carbonyl (C=O) groups excluding carboxylic acids is 1. The van der Waals surface area contributed by atoms with E-state index in [4.69, 9.17) is 0 Å². The number of amides is 1. The molecule has 0 aliphatic carbocycles. The first-order chi connectivity index (χ1) is 11.8. The van der Waals surface area contributed by atoms with Crippen LogP contribution in [0.3, 0.4) is 0 Å². The lowest BCUT2D eigenvalue weighted by molar-refractivity contribution is -0.385. The van der Waals surface area contributed by atoms with Crippen molar-refractivity contribution in [2.24, 2.45) is 0 Å². The third-order valence-corrected chi connectivity index (χ3v) is 5.03. The van der Waals surface area contributed by atoms with Crippen molar-refractivity contribution in [1.29, 1.82) is 0 Å². The number of hydrogen-bond acceptors (Lipinski definition) is 7. The minimum absolute atomic E-state index is 0. The summed E-state index contributed by atoms with van der Waals surface area (Å²) in [5, 5.41) is 16.9. The number of nitrogens with one attached hydrogen (secondary N) is 2. The van der Waals surface area contributed by atoms with Crippen molar-refractivity contribution in [3.05, 3.63) is 33.9 Å². The molecule has 0 radical (unpaired) electrons. The molecule has 26 heavy (non-hydrogen) atoms. The maximum atomic E-state index is 12.2. The van der Waals surface area contributed by atoms with Gasteiger partial charge in [-0.1, -0.05) is 0 Å². The first kappa shape index (κ1) is 22.3. The predicted octanol–water partition coefficient (Wildman–Crippen LogP) is 0.445. The van der Waals surface area contributed by atoms with Gasteiger partial charge in [0.25, 0.3) is 11.6 Å². The van der Waals surface area contributed by atoms with Crippen LogP contribution in [0.2, 0.25) is 0 Å². The van der Waals surface area contributed by atoms with Crippen LogP contribution in [-0.2, 0) is 9.84 Å². The van der Waals surface area contributed by atoms with Crippen LogP contribution in [0.15, 0.2) is 23.1 Å². The number of halogens is 1. The van der Waals surface area contributed by atoms with Crippen LogP contribution in [0.5, 0.6) is 0 Å². The number of piperazine rings is 1. The quantitative estimate of drug-likeness (QED) is 0.383. The van der Waals surface area contributed by atoms with Crippen molar-refractivity contribution < 1.29 is 18.1 Å². The van der Waals surface area contributed by atoms with Gasteiger partial charge in [0.05, 0.1) is 9.82 Å². The van der Waals surface area contributed by atoms with Gasteiger partial charge in [-0.05, 0) is 19.0 Å². The summed E-state index contributed by atoms with van der Waals surface area (Å²) in [6, 6.07) is 3.20. The highest BCUT2D eigenvalue weighted by molar-refractivity contribution is 7.90. The molecule has 9 nitrogen and oxygen atoms in total. The Hall–Kier alpha value is -1.75. The summed E-state index contributed by atoms with van der Waals surface area (Å²) in [7, 11) is -3.65. The largest absolute Gasteiger partial charge is 0.352 e. The fourth-order valence-corrected chi connectivity index (χ4v) is 3.25. The maximum absolute atomic E-state index is 12.2. The summed E-state index contributed by atoms with van der Waals surface area (Å²) in [6.07, 6.45) is 1.70. The van der Waals surface area contributed by atoms with Gasteiger partial charge in [-0.3, -0.25) is 14.9 Å². The Labute approximate surface area is 158 Å². The molecule has 1 saturated heterocycles. The van der Waals surface area contributed by atoms with E-state index in [2.05, 4.69) is 15.5 Å². The maximum Gasteiger partial charge on any atom is 0.271 e. The van der Waals surface area contributed by atoms with Crippen molar-refractivity contribution in [1.82, 2.24) is 15.5 Å². The molecule has 1 aromatic rings. The van der Waals surface area contributed by atoms with Gasteiger partial charge in [0.2, 0.25) is 0 Å². The Kier molecular flexibility index (Phi) is 8.41. The second-order valence-corrected chi connectivity index (χ2v) is 7.96. The lowest BCUT2D eigenvalue weighted by Gasteiger charge is -2.27. The number of benzene rings is 1. The number of non-ortho nitro benzene ring substituents is 1. The smallest absolute Gasteiger partial charge is 0.271 e. The molecule has 1 heterocycles. The van der Waals surface area contributed by atoms with Crippen LogP contribution in [0.4, 0.5) is 5.69 Å². The third kappa shape index (κ3) is 6.52. The van der Waals surface area contributed by atoms with Gasteiger partial charge in [0.1, 0.15) is 0 Å². The standard InChI is InChI=1S/C15H22N4O5S.ClH/c1-25(23,24)14-10-12(9-13(11-14)19(21)22)15(20)17-3-2-6-18-7-4-16-5-8-18;/h9-11,16H,2-8H2,1H3,(H,17,20);1H. The summed E-state index contributed by atoms with van der Waals surface area (Å²) >= 11 is 0. The number of sulfone groups is 1. The predicted molar refractivity (Wildman–Crippen MR) is 99.7 cm³/mol. The zero-order valence-corrected chi connectivity index (χ0v) is 16.1. The molecule has 2 N–H and O–H groups in total. The average Bonchev–Trinajstić information content (AvgIpc) is 2.58. The van der Waals surface area contributed by atoms with Crippen LogP contribution in [-0.4, -0.2) is 69.7 Å². The normalized spacial score (nSPS) is 15.1. The number of hydrogen-bond donors (Lipinski definition) is 2. The molecule has 146 valence electrons. The second kappa shape index (κ2) is 9.81. The molecule has 1 aromatic carbocycles. The van der Waals surface area contributed by atoms with Crippen LogP contribution < -0.4 is 10.6 Å². The van der Waals surface area contributed by atoms with Crippen LogP contribution >= 0.6 is 12.4 Å². The molecule has 2 rings (SSSR count). The number of nitro benzene ring substituents is 1. The molecule has 0 bridgehead atoms. The summed E-state index contributed by atoms with van der Waals surface area (Å²) in [5.41, 5.74) is -0.453. The molecule has 0 aromatic heterocycles. The second-order valence-electron chi connectivity index (χ2n) is 5.95. The first-order valence-corrected chi connectivity index (χ1v) is 9.87. The summed E-state index contributed by atoms with van der Waals surface area (Å²) in [6.45, 7) is 5.11. The van der Waals surface area contributed by atoms with E-state index in [9.17, 15) is 23.3 Å². The number of nitrogens with zero attached hydrogens (tertiary/aromatic N) is 2. The molecule has 0 unspecified atom stereocenters. The highest BCUT2D eigenvalue weighted by Crippen LogP contribution is 2.20. The Balaban J connectivity index is 0.00000338. The highest BCUT2D eigenvalue weighted by atomic mass is 35.5. The van der Waals surface area contributed by atoms with Crippen molar-refractivity contribution in [2.45, 2.75) is 11.3 Å². The summed E-state index contributed by atoms with van der Waals surface area (Å²) in [5.74, 6) is -0.520. The SMILES string of the molecule is CS(=O)(=O)c1cc(C(=O)NCCCN2CCNCC2)cc([N+](=O)[O-])c1.Cl. The molecular formula is C15H23ClN4O5S. The van der Waals surface area contributed by atoms with E-state index in [1.807, 2.05) is 0 Å². The van der Waals surface area contributed by atoms with Crippen molar-refractivity contribution in [3.8, 4) is 0 Å². The number of rotatable bonds is 7. The fraction of sp³-hybridized carbons (Fsp3) is 0.533. The highest BCUT2D eigenvalue weighted by Gasteiger charge is 2.19. The van der Waals surface area contributed by atoms with Crippen LogP contribution in [0, 0.1) is 10.1 Å². The molecule has 1 aliphatic rings. The van der Waals surface area contributed by atoms with Crippen molar-refractivity contribution in [3.63, 3.8) is 0 Å². The topological polar surface area (TPSA) is 122 Å². The Morgan fingerprint density at radius 2 is 1.96 bits per heavy atom. The van der Waals surface area contributed by atoms with Gasteiger partial charge < -0.3 is 15.5 Å². The fourth-order valence-electron chi connectivity index (χ4n) is 2.58. The molecule has 0 saturated carbocycles. The van der Waals surface area contributed by atoms with Crippen molar-refractivity contribution >= 4 is 33.8 Å². The van der Waals surface area contributed by atoms with Gasteiger partial charge in [-0.2, -0.15) is 0 Å². The minimum Gasteiger partial charge on any atom is -0.352 e. The van der Waals surface area contributed by atoms with E-state index >= 15 is 0 Å². The lowest BCUT2D eigenvalue weighted by Crippen LogP contribution is -2.44. The monoisotopic (exact) mass is 406 g/mol. The van der Waals surface area contributed by atoms with E-state index < -0.39 is 26.4 Å². The zero-order valence-electron chi connectivity index (χ0n) is 14.4. The van der Waals surface area contributed by atoms with Crippen LogP contribution in [0.1, 0.15) is 16.8 Å². The Morgan fingerprint density at radius 3 is 2.54 bits per heavy atom. The summed E-state index contributed by atoms with van der Waals surface area (Å²) < 4.78 is 23.3. The number of nitro groups is 1. The Morgan fingerprint density at radius 1 is 1.31 bits per heavy atom. The Bertz CT molecular complexity index is 750. The average molecular weight is 407 g/mol. The third-order valence-electron chi connectivity index (χ3n) is 3.94. The molecule has 1 fully saturated rings. The molecule has 0 atom stereocenters. The molecular weight excluding hydrogens is 384 g/mol. The molecule has 11 heteroatoms. The van der Waals surface area contributed by atoms with Gasteiger partial charge >= 0.3 is 0 Å². The van der Waals surface area contributed by atoms with Gasteiger partial charge in [-0.25, -0.2) is 8.42 Å². The summed E-state index contributed by atoms with van der Waals surface area (Å²) in [4.78, 5) is 24.5. The van der Waals surface area contributed by atoms with Crippen molar-refractivity contribution in [2.75, 3.05) is 45.5 Å². The van der Waals surface area contributed by atoms with Gasteiger partial charge in [0.15, 0.2) is 9.84 Å². The van der Waals surface area contributed by atoms with Gasteiger partial charge in [0, 0.05) is 56.7 Å².